The van der Waals surface area contributed by atoms with Crippen molar-refractivity contribution in [2.75, 3.05) is 26.0 Å². The maximum Gasteiger partial charge on any atom is 0.416 e. The van der Waals surface area contributed by atoms with Crippen LogP contribution < -0.4 is 20.1 Å². The minimum Gasteiger partial charge on any atom is -0.470 e. The molecule has 2 aliphatic heterocycles. The smallest absolute Gasteiger partial charge is 0.416 e. The highest BCUT2D eigenvalue weighted by Gasteiger charge is 2.62. The van der Waals surface area contributed by atoms with E-state index in [4.69, 9.17) is 9.15 Å². The van der Waals surface area contributed by atoms with E-state index in [9.17, 15) is 40.8 Å². The van der Waals surface area contributed by atoms with Crippen LogP contribution in [-0.2, 0) is 30.6 Å². The van der Waals surface area contributed by atoms with Crippen LogP contribution in [0.4, 0.5) is 18.3 Å². The predicted octanol–water partition coefficient (Wildman–Crippen LogP) is 6.05. The number of carbonyl (C=O) groups is 4. The van der Waals surface area contributed by atoms with Crippen molar-refractivity contribution in [3.8, 4) is 17.3 Å². The fourth-order valence-corrected chi connectivity index (χ4v) is 10.5. The largest absolute Gasteiger partial charge is 0.470 e. The van der Waals surface area contributed by atoms with E-state index in [0.717, 1.165) is 36.3 Å². The molecule has 21 heteroatoms. The summed E-state index contributed by atoms with van der Waals surface area (Å²) in [5.41, 5.74) is -1.11. The number of nitrogens with zero attached hydrogens (tertiary/aromatic N) is 5. The average Bonchev–Trinajstić information content (AvgIpc) is 4.10. The molecule has 0 unspecified atom stereocenters. The first-order chi connectivity index (χ1) is 31.0. The zero-order valence-electron chi connectivity index (χ0n) is 35.3. The van der Waals surface area contributed by atoms with Gasteiger partial charge in [0.15, 0.2) is 11.0 Å². The molecule has 16 nitrogen and oxygen atoms in total. The lowest BCUT2D eigenvalue weighted by molar-refractivity contribution is -0.140. The second-order valence-electron chi connectivity index (χ2n) is 17.1. The number of para-hydroxylation sites is 1. The van der Waals surface area contributed by atoms with Gasteiger partial charge in [-0.05, 0) is 62.8 Å². The van der Waals surface area contributed by atoms with Crippen LogP contribution in [0.15, 0.2) is 70.5 Å². The maximum absolute atomic E-state index is 14.9. The third-order valence-electron chi connectivity index (χ3n) is 12.2. The Hall–Kier alpha value is -6.09. The summed E-state index contributed by atoms with van der Waals surface area (Å²) in [6, 6.07) is 9.21. The van der Waals surface area contributed by atoms with Gasteiger partial charge in [0.25, 0.3) is 17.7 Å². The molecule has 0 spiro atoms. The fraction of sp³-hybridized carbons (Fsp3) is 0.432. The number of hydrogen-bond acceptors (Lipinski definition) is 13. The first-order valence-electron chi connectivity index (χ1n) is 21.3. The highest BCUT2D eigenvalue weighted by Crippen LogP contribution is 2.46. The lowest BCUT2D eigenvalue weighted by Crippen LogP contribution is -2.57. The summed E-state index contributed by atoms with van der Waals surface area (Å²) in [5.74, 6) is -2.91. The standard InChI is InChI=1S/C44H45F3N8O8S2/c1-54(2)39(57)31-23-64-42(49-31)48-30-12-7-5-3-4-6-10-26-21-43(26,41(59)53-65(60,61)28-18-19-28)52-37(56)32-20-27(22-55(32)40(30)58)62-38-35-34(29-11-8-9-13-33(29)63-35)50-36(51-38)24-14-16-25(17-15-24)44(45,46)47/h6,8-11,13-17,23,26-28,30,32H,3-5,7,12,18-22H2,1-2H3,(H,48,49)(H,52,56)(H,53,59)/b10-6-/t26-,27-,30+,32+,43-/m1/s1. The highest BCUT2D eigenvalue weighted by atomic mass is 32.2. The molecule has 342 valence electrons. The molecule has 9 rings (SSSR count). The monoisotopic (exact) mass is 934 g/mol. The zero-order valence-corrected chi connectivity index (χ0v) is 36.9. The zero-order chi connectivity index (χ0) is 45.8. The van der Waals surface area contributed by atoms with E-state index in [1.807, 2.05) is 12.2 Å². The number of benzene rings is 2. The number of carbonyl (C=O) groups excluding carboxylic acids is 4. The molecule has 0 radical (unpaired) electrons. The third kappa shape index (κ3) is 8.99. The van der Waals surface area contributed by atoms with Gasteiger partial charge in [-0.25, -0.2) is 18.4 Å². The second kappa shape index (κ2) is 17.0. The van der Waals surface area contributed by atoms with Crippen molar-refractivity contribution in [2.45, 2.75) is 92.9 Å². The van der Waals surface area contributed by atoms with E-state index in [1.54, 1.807) is 43.7 Å². The number of hydrogen-bond donors (Lipinski definition) is 3. The van der Waals surface area contributed by atoms with Gasteiger partial charge in [0, 0.05) is 42.8 Å². The van der Waals surface area contributed by atoms with Gasteiger partial charge in [-0.1, -0.05) is 49.3 Å². The summed E-state index contributed by atoms with van der Waals surface area (Å²) in [6.45, 7) is -0.155. The minimum atomic E-state index is -4.57. The number of aromatic nitrogens is 3. The minimum absolute atomic E-state index is 0.0382. The number of anilines is 1. The lowest BCUT2D eigenvalue weighted by atomic mass is 10.1. The number of ether oxygens (including phenoxy) is 1. The van der Waals surface area contributed by atoms with E-state index in [0.29, 0.717) is 53.7 Å². The Morgan fingerprint density at radius 1 is 1.02 bits per heavy atom. The normalized spacial score (nSPS) is 24.6. The number of halogens is 3. The molecule has 4 aliphatic rings. The molecule has 2 aliphatic carbocycles. The summed E-state index contributed by atoms with van der Waals surface area (Å²) in [7, 11) is -0.770. The molecule has 2 saturated carbocycles. The number of rotatable bonds is 9. The van der Waals surface area contributed by atoms with E-state index < -0.39 is 74.4 Å². The second-order valence-corrected chi connectivity index (χ2v) is 20.0. The van der Waals surface area contributed by atoms with Crippen molar-refractivity contribution in [1.29, 1.82) is 0 Å². The quantitative estimate of drug-likeness (QED) is 0.145. The number of fused-ring (bicyclic) bond motifs is 5. The molecule has 4 amide bonds. The van der Waals surface area contributed by atoms with E-state index in [1.165, 1.54) is 21.9 Å². The fourth-order valence-electron chi connectivity index (χ4n) is 8.40. The van der Waals surface area contributed by atoms with E-state index in [2.05, 4.69) is 30.3 Å². The highest BCUT2D eigenvalue weighted by molar-refractivity contribution is 7.91. The van der Waals surface area contributed by atoms with Crippen molar-refractivity contribution < 1.29 is 49.9 Å². The summed E-state index contributed by atoms with van der Waals surface area (Å²) in [4.78, 5) is 72.8. The van der Waals surface area contributed by atoms with Crippen LogP contribution in [0.1, 0.15) is 73.8 Å². The molecule has 3 N–H and O–H groups in total. The topological polar surface area (TPSA) is 206 Å². The van der Waals surface area contributed by atoms with Crippen molar-refractivity contribution in [2.24, 2.45) is 5.92 Å². The van der Waals surface area contributed by atoms with Crippen molar-refractivity contribution in [3.05, 3.63) is 77.3 Å². The van der Waals surface area contributed by atoms with Gasteiger partial charge < -0.3 is 29.6 Å². The Morgan fingerprint density at radius 3 is 2.52 bits per heavy atom. The van der Waals surface area contributed by atoms with Crippen molar-refractivity contribution in [3.63, 3.8) is 0 Å². The first-order valence-corrected chi connectivity index (χ1v) is 23.8. The summed E-state index contributed by atoms with van der Waals surface area (Å²) in [5, 5.41) is 7.89. The Bertz CT molecular complexity index is 2830. The van der Waals surface area contributed by atoms with Crippen molar-refractivity contribution in [1.82, 2.24) is 34.8 Å². The molecule has 0 bridgehead atoms. The van der Waals surface area contributed by atoms with E-state index in [-0.39, 0.29) is 53.8 Å². The Labute approximate surface area is 375 Å². The van der Waals surface area contributed by atoms with Crippen LogP contribution in [0.3, 0.4) is 0 Å². The molecule has 5 heterocycles. The van der Waals surface area contributed by atoms with Gasteiger partial charge in [0.2, 0.25) is 27.4 Å². The summed E-state index contributed by atoms with van der Waals surface area (Å²) in [6.07, 6.45) is 2.24. The average molecular weight is 935 g/mol. The van der Waals surface area contributed by atoms with Gasteiger partial charge >= 0.3 is 6.18 Å². The molecule has 65 heavy (non-hydrogen) atoms. The van der Waals surface area contributed by atoms with Crippen LogP contribution in [0.2, 0.25) is 0 Å². The third-order valence-corrected chi connectivity index (χ3v) is 14.8. The van der Waals surface area contributed by atoms with Gasteiger partial charge in [-0.15, -0.1) is 11.3 Å². The van der Waals surface area contributed by atoms with Crippen LogP contribution >= 0.6 is 11.3 Å². The van der Waals surface area contributed by atoms with Crippen LogP contribution in [0.5, 0.6) is 5.88 Å². The number of amides is 4. The maximum atomic E-state index is 14.9. The molecule has 3 fully saturated rings. The molecule has 2 aromatic carbocycles. The summed E-state index contributed by atoms with van der Waals surface area (Å²) >= 11 is 1.15. The van der Waals surface area contributed by atoms with E-state index >= 15 is 0 Å². The molecule has 5 atom stereocenters. The van der Waals surface area contributed by atoms with Crippen LogP contribution in [-0.4, -0.2) is 106 Å². The number of sulfonamides is 1. The first kappa shape index (κ1) is 44.1. The molecule has 1 saturated heterocycles. The number of furan rings is 1. The number of nitrogens with one attached hydrogen (secondary N) is 3. The molecular formula is C44H45F3N8O8S2. The lowest BCUT2D eigenvalue weighted by Gasteiger charge is -2.29. The number of allylic oxidation sites excluding steroid dienone is 1. The molecule has 3 aromatic heterocycles. The summed E-state index contributed by atoms with van der Waals surface area (Å²) < 4.78 is 81.4. The number of alkyl halides is 3. The SMILES string of the molecule is CN(C)C(=O)c1csc(N[C@H]2CCCCC/C=C\[C@@H]3C[C@@]3(C(=O)NS(=O)(=O)C3CC3)NC(=O)[C@@H]3C[C@@H](Oc4nc(-c5ccc(C(F)(F)F)cc5)nc5c4oc4ccccc45)CN3C2=O)n1. The number of thiazole rings is 1. The van der Waals surface area contributed by atoms with Crippen LogP contribution in [0.25, 0.3) is 33.5 Å². The Kier molecular flexibility index (Phi) is 11.6. The Balaban J connectivity index is 1.07. The van der Waals surface area contributed by atoms with Gasteiger partial charge in [-0.3, -0.25) is 23.9 Å². The van der Waals surface area contributed by atoms with Gasteiger partial charge in [0.05, 0.1) is 17.4 Å². The molecular weight excluding hydrogens is 890 g/mol. The van der Waals surface area contributed by atoms with Crippen molar-refractivity contribution >= 4 is 72.2 Å². The van der Waals surface area contributed by atoms with Gasteiger partial charge in [-0.2, -0.15) is 18.2 Å². The molecule has 5 aromatic rings. The Morgan fingerprint density at radius 2 is 1.78 bits per heavy atom. The van der Waals surface area contributed by atoms with Gasteiger partial charge in [0.1, 0.15) is 40.5 Å². The van der Waals surface area contributed by atoms with Crippen LogP contribution in [0, 0.1) is 5.92 Å². The predicted molar refractivity (Wildman–Crippen MR) is 233 cm³/mol.